The highest BCUT2D eigenvalue weighted by atomic mass is 19.1. The quantitative estimate of drug-likeness (QED) is 0.600. The van der Waals surface area contributed by atoms with Crippen LogP contribution in [-0.2, 0) is 11.3 Å². The van der Waals surface area contributed by atoms with Gasteiger partial charge in [-0.25, -0.2) is 8.78 Å². The second-order valence-electron chi connectivity index (χ2n) is 4.94. The molecule has 0 fully saturated rings. The predicted molar refractivity (Wildman–Crippen MR) is 82.4 cm³/mol. The van der Waals surface area contributed by atoms with Gasteiger partial charge in [-0.1, -0.05) is 6.58 Å². The van der Waals surface area contributed by atoms with E-state index in [1.54, 1.807) is 12.3 Å². The van der Waals surface area contributed by atoms with Gasteiger partial charge in [0, 0.05) is 17.8 Å². The summed E-state index contributed by atoms with van der Waals surface area (Å²) >= 11 is 0. The van der Waals surface area contributed by atoms with Gasteiger partial charge in [-0.15, -0.1) is 0 Å². The number of allylic oxidation sites excluding steroid dienone is 2. The molecule has 1 atom stereocenters. The highest BCUT2D eigenvalue weighted by molar-refractivity contribution is 5.17. The third-order valence-electron chi connectivity index (χ3n) is 3.05. The van der Waals surface area contributed by atoms with Gasteiger partial charge in [-0.3, -0.25) is 4.98 Å². The largest absolute Gasteiger partial charge is 0.488 e. The number of hydrogen-bond donors (Lipinski definition) is 2. The number of aromatic nitrogens is 1. The van der Waals surface area contributed by atoms with E-state index in [4.69, 9.17) is 10.5 Å². The van der Waals surface area contributed by atoms with Gasteiger partial charge in [0.05, 0.1) is 6.20 Å². The zero-order valence-electron chi connectivity index (χ0n) is 13.0. The van der Waals surface area contributed by atoms with Gasteiger partial charge in [0.2, 0.25) is 0 Å². The number of nitrogens with one attached hydrogen (secondary N) is 1. The summed E-state index contributed by atoms with van der Waals surface area (Å²) < 4.78 is 31.5. The number of rotatable bonds is 7. The maximum Gasteiger partial charge on any atom is 0.151 e. The van der Waals surface area contributed by atoms with Crippen LogP contribution in [0.3, 0.4) is 0 Å². The van der Waals surface area contributed by atoms with Gasteiger partial charge in [0.15, 0.2) is 5.82 Å². The molecule has 3 N–H and O–H groups in total. The molecule has 0 aromatic carbocycles. The van der Waals surface area contributed by atoms with Gasteiger partial charge >= 0.3 is 0 Å². The van der Waals surface area contributed by atoms with Crippen molar-refractivity contribution >= 4 is 0 Å². The van der Waals surface area contributed by atoms with Gasteiger partial charge in [0.1, 0.15) is 23.9 Å². The minimum atomic E-state index is -0.746. The molecule has 0 aliphatic rings. The second kappa shape index (κ2) is 8.17. The summed E-state index contributed by atoms with van der Waals surface area (Å²) in [6, 6.07) is 0.839. The van der Waals surface area contributed by atoms with E-state index < -0.39 is 11.6 Å². The standard InChI is InChI=1S/C16H21F2N3O/c1-10(7-19)13(4)21-11(2)5-12(3)22-9-16-15(18)6-14(17)8-20-16/h5-8,13,21H,3,9,19H2,1-2,4H3/b10-7-,11-5-/t13-/m1/s1. The van der Waals surface area contributed by atoms with E-state index >= 15 is 0 Å². The van der Waals surface area contributed by atoms with Gasteiger partial charge in [0.25, 0.3) is 0 Å². The summed E-state index contributed by atoms with van der Waals surface area (Å²) in [6.07, 6.45) is 4.16. The zero-order valence-corrected chi connectivity index (χ0v) is 13.0. The number of halogens is 2. The molecule has 1 aromatic heterocycles. The van der Waals surface area contributed by atoms with E-state index in [0.29, 0.717) is 5.76 Å². The summed E-state index contributed by atoms with van der Waals surface area (Å²) in [6.45, 7) is 9.35. The molecule has 0 saturated heterocycles. The molecule has 1 heterocycles. The first-order valence-electron chi connectivity index (χ1n) is 6.78. The van der Waals surface area contributed by atoms with Gasteiger partial charge in [-0.2, -0.15) is 0 Å². The summed E-state index contributed by atoms with van der Waals surface area (Å²) in [5.41, 5.74) is 7.30. The Hall–Kier alpha value is -2.37. The molecular formula is C16H21F2N3O. The van der Waals surface area contributed by atoms with Crippen molar-refractivity contribution in [3.05, 3.63) is 65.5 Å². The fourth-order valence-corrected chi connectivity index (χ4v) is 1.63. The number of nitrogens with zero attached hydrogens (tertiary/aromatic N) is 1. The third kappa shape index (κ3) is 5.55. The lowest BCUT2D eigenvalue weighted by Gasteiger charge is -2.16. The van der Waals surface area contributed by atoms with E-state index in [9.17, 15) is 8.78 Å². The summed E-state index contributed by atoms with van der Waals surface area (Å²) in [5.74, 6) is -1.13. The van der Waals surface area contributed by atoms with Crippen molar-refractivity contribution in [3.8, 4) is 0 Å². The molecule has 0 radical (unpaired) electrons. The Bertz CT molecular complexity index is 597. The smallest absolute Gasteiger partial charge is 0.151 e. The molecule has 4 nitrogen and oxygen atoms in total. The summed E-state index contributed by atoms with van der Waals surface area (Å²) in [5, 5.41) is 3.21. The average molecular weight is 309 g/mol. The minimum Gasteiger partial charge on any atom is -0.488 e. The fourth-order valence-electron chi connectivity index (χ4n) is 1.63. The van der Waals surface area contributed by atoms with E-state index in [0.717, 1.165) is 23.5 Å². The lowest BCUT2D eigenvalue weighted by atomic mass is 10.1. The second-order valence-corrected chi connectivity index (χ2v) is 4.94. The van der Waals surface area contributed by atoms with Crippen LogP contribution in [0.2, 0.25) is 0 Å². The minimum absolute atomic E-state index is 0.0249. The van der Waals surface area contributed by atoms with E-state index in [2.05, 4.69) is 16.9 Å². The molecule has 0 amide bonds. The maximum atomic E-state index is 13.4. The Kier molecular flexibility index (Phi) is 6.56. The Morgan fingerprint density at radius 2 is 2.18 bits per heavy atom. The molecule has 0 aliphatic carbocycles. The lowest BCUT2D eigenvalue weighted by Crippen LogP contribution is -2.25. The molecule has 1 aromatic rings. The van der Waals surface area contributed by atoms with Gasteiger partial charge in [-0.05, 0) is 38.6 Å². The Morgan fingerprint density at radius 3 is 2.77 bits per heavy atom. The van der Waals surface area contributed by atoms with Crippen LogP contribution in [0.4, 0.5) is 8.78 Å². The normalized spacial score (nSPS) is 13.7. The number of ether oxygens (including phenoxy) is 1. The van der Waals surface area contributed by atoms with Crippen LogP contribution in [0.15, 0.2) is 48.1 Å². The predicted octanol–water partition coefficient (Wildman–Crippen LogP) is 3.13. The molecule has 120 valence electrons. The molecule has 6 heteroatoms. The highest BCUT2D eigenvalue weighted by Crippen LogP contribution is 2.10. The lowest BCUT2D eigenvalue weighted by molar-refractivity contribution is 0.203. The van der Waals surface area contributed by atoms with Crippen molar-refractivity contribution in [2.24, 2.45) is 5.73 Å². The van der Waals surface area contributed by atoms with Gasteiger partial charge < -0.3 is 15.8 Å². The van der Waals surface area contributed by atoms with E-state index in [-0.39, 0.29) is 18.3 Å². The van der Waals surface area contributed by atoms with Crippen LogP contribution >= 0.6 is 0 Å². The highest BCUT2D eigenvalue weighted by Gasteiger charge is 2.07. The van der Waals surface area contributed by atoms with Crippen molar-refractivity contribution in [2.75, 3.05) is 0 Å². The topological polar surface area (TPSA) is 60.2 Å². The van der Waals surface area contributed by atoms with Crippen molar-refractivity contribution in [2.45, 2.75) is 33.4 Å². The van der Waals surface area contributed by atoms with E-state index in [1.165, 1.54) is 0 Å². The summed E-state index contributed by atoms with van der Waals surface area (Å²) in [7, 11) is 0. The molecule has 0 unspecified atom stereocenters. The van der Waals surface area contributed by atoms with Crippen LogP contribution in [0.25, 0.3) is 0 Å². The van der Waals surface area contributed by atoms with Crippen molar-refractivity contribution < 1.29 is 13.5 Å². The van der Waals surface area contributed by atoms with E-state index in [1.807, 2.05) is 20.8 Å². The Labute approximate surface area is 129 Å². The first-order valence-corrected chi connectivity index (χ1v) is 6.78. The number of nitrogens with two attached hydrogens (primary N) is 1. The molecular weight excluding hydrogens is 288 g/mol. The van der Waals surface area contributed by atoms with Crippen molar-refractivity contribution in [3.63, 3.8) is 0 Å². The fraction of sp³-hybridized carbons (Fsp3) is 0.312. The monoisotopic (exact) mass is 309 g/mol. The molecule has 0 spiro atoms. The first kappa shape index (κ1) is 17.7. The van der Waals surface area contributed by atoms with Crippen molar-refractivity contribution in [1.29, 1.82) is 0 Å². The first-order chi connectivity index (χ1) is 10.3. The number of hydrogen-bond acceptors (Lipinski definition) is 4. The Morgan fingerprint density at radius 1 is 1.50 bits per heavy atom. The van der Waals surface area contributed by atoms with Crippen LogP contribution in [0, 0.1) is 11.6 Å². The molecule has 1 rings (SSSR count). The van der Waals surface area contributed by atoms with Crippen LogP contribution in [0.1, 0.15) is 26.5 Å². The average Bonchev–Trinajstić information content (AvgIpc) is 2.45. The third-order valence-corrected chi connectivity index (χ3v) is 3.05. The van der Waals surface area contributed by atoms with Crippen LogP contribution in [-0.4, -0.2) is 11.0 Å². The van der Waals surface area contributed by atoms with Crippen molar-refractivity contribution in [1.82, 2.24) is 10.3 Å². The Balaban J connectivity index is 2.56. The number of pyridine rings is 1. The SMILES string of the molecule is C=C(/C=C(/C)N[C@H](C)/C(C)=C\N)OCc1ncc(F)cc1F. The zero-order chi connectivity index (χ0) is 16.7. The molecule has 0 aliphatic heterocycles. The van der Waals surface area contributed by atoms with Crippen LogP contribution < -0.4 is 11.1 Å². The summed E-state index contributed by atoms with van der Waals surface area (Å²) in [4.78, 5) is 3.64. The molecule has 22 heavy (non-hydrogen) atoms. The molecule has 0 saturated carbocycles. The maximum absolute atomic E-state index is 13.4. The van der Waals surface area contributed by atoms with Crippen LogP contribution in [0.5, 0.6) is 0 Å². The molecule has 0 bridgehead atoms.